The fraction of sp³-hybridized carbons (Fsp3) is 0.400. The summed E-state index contributed by atoms with van der Waals surface area (Å²) >= 11 is 0. The normalized spacial score (nSPS) is 32.1. The van der Waals surface area contributed by atoms with Crippen molar-refractivity contribution in [2.75, 3.05) is 18.9 Å². The highest BCUT2D eigenvalue weighted by Crippen LogP contribution is 2.57. The van der Waals surface area contributed by atoms with Gasteiger partial charge in [0, 0.05) is 25.2 Å². The Bertz CT molecular complexity index is 1250. The SMILES string of the molecule is N#C[C@@]1(c2ccc3c(N)ncnn23)O[C@H](CO[P@@]2(=O)OCC[C@@H](c3ccncc3)O2)C[C@H]1O. The molecule has 2 aliphatic rings. The number of aromatic nitrogens is 4. The number of pyridine rings is 1. The molecule has 3 aromatic rings. The molecule has 0 unspecified atom stereocenters. The van der Waals surface area contributed by atoms with Crippen LogP contribution in [0.3, 0.4) is 0 Å². The topological polar surface area (TPSA) is 167 Å². The van der Waals surface area contributed by atoms with E-state index < -0.39 is 31.7 Å². The van der Waals surface area contributed by atoms with Crippen LogP contribution in [0.15, 0.2) is 43.0 Å². The van der Waals surface area contributed by atoms with E-state index in [-0.39, 0.29) is 25.5 Å². The smallest absolute Gasteiger partial charge is 0.388 e. The van der Waals surface area contributed by atoms with Crippen LogP contribution in [0.5, 0.6) is 0 Å². The predicted octanol–water partition coefficient (Wildman–Crippen LogP) is 1.88. The molecule has 0 aliphatic carbocycles. The van der Waals surface area contributed by atoms with Crippen molar-refractivity contribution < 1.29 is 28.0 Å². The Morgan fingerprint density at radius 3 is 2.97 bits per heavy atom. The second-order valence-corrected chi connectivity index (χ2v) is 9.36. The number of hydrogen-bond acceptors (Lipinski definition) is 11. The molecule has 3 N–H and O–H groups in total. The number of phosphoric acid groups is 1. The van der Waals surface area contributed by atoms with E-state index in [0.717, 1.165) is 5.56 Å². The Morgan fingerprint density at radius 2 is 2.18 bits per heavy atom. The average molecular weight is 472 g/mol. The highest BCUT2D eigenvalue weighted by molar-refractivity contribution is 7.48. The van der Waals surface area contributed by atoms with Crippen LogP contribution in [0.4, 0.5) is 5.82 Å². The van der Waals surface area contributed by atoms with Crippen molar-refractivity contribution in [3.63, 3.8) is 0 Å². The minimum Gasteiger partial charge on any atom is -0.388 e. The summed E-state index contributed by atoms with van der Waals surface area (Å²) in [5.74, 6) is 0.227. The van der Waals surface area contributed by atoms with Crippen molar-refractivity contribution in [2.24, 2.45) is 0 Å². The number of nitriles is 1. The third-order valence-corrected chi connectivity index (χ3v) is 7.20. The first-order valence-electron chi connectivity index (χ1n) is 10.3. The Balaban J connectivity index is 1.31. The molecule has 5 atom stereocenters. The molecule has 172 valence electrons. The number of ether oxygens (including phenoxy) is 1. The van der Waals surface area contributed by atoms with E-state index in [9.17, 15) is 14.9 Å². The zero-order chi connectivity index (χ0) is 23.1. The number of hydrogen-bond donors (Lipinski definition) is 2. The van der Waals surface area contributed by atoms with Crippen LogP contribution in [0.25, 0.3) is 5.52 Å². The summed E-state index contributed by atoms with van der Waals surface area (Å²) < 4.78 is 36.8. The number of nitrogens with zero attached hydrogens (tertiary/aromatic N) is 5. The summed E-state index contributed by atoms with van der Waals surface area (Å²) in [6, 6.07) is 8.85. The van der Waals surface area contributed by atoms with Gasteiger partial charge in [0.05, 0.1) is 31.1 Å². The molecule has 33 heavy (non-hydrogen) atoms. The average Bonchev–Trinajstić information content (AvgIpc) is 3.41. The van der Waals surface area contributed by atoms with Gasteiger partial charge in [0.25, 0.3) is 0 Å². The highest BCUT2D eigenvalue weighted by atomic mass is 31.2. The Kier molecular flexibility index (Phi) is 5.62. The van der Waals surface area contributed by atoms with E-state index in [0.29, 0.717) is 17.6 Å². The molecule has 2 saturated heterocycles. The van der Waals surface area contributed by atoms with E-state index in [1.807, 2.05) is 0 Å². The van der Waals surface area contributed by atoms with Crippen LogP contribution < -0.4 is 5.73 Å². The summed E-state index contributed by atoms with van der Waals surface area (Å²) in [4.78, 5) is 7.89. The number of fused-ring (bicyclic) bond motifs is 1. The van der Waals surface area contributed by atoms with E-state index in [1.54, 1.807) is 36.7 Å². The molecule has 0 spiro atoms. The van der Waals surface area contributed by atoms with Crippen LogP contribution in [-0.2, 0) is 28.5 Å². The van der Waals surface area contributed by atoms with Gasteiger partial charge in [-0.1, -0.05) is 0 Å². The molecule has 13 heteroatoms. The fourth-order valence-corrected chi connectivity index (χ4v) is 5.50. The van der Waals surface area contributed by atoms with Gasteiger partial charge in [0.15, 0.2) is 5.82 Å². The Labute approximate surface area is 188 Å². The number of aliphatic hydroxyl groups excluding tert-OH is 1. The van der Waals surface area contributed by atoms with Crippen molar-refractivity contribution in [3.8, 4) is 6.07 Å². The van der Waals surface area contributed by atoms with Crippen molar-refractivity contribution in [1.29, 1.82) is 5.26 Å². The van der Waals surface area contributed by atoms with E-state index in [2.05, 4.69) is 21.1 Å². The maximum atomic E-state index is 13.0. The van der Waals surface area contributed by atoms with E-state index in [1.165, 1.54) is 10.8 Å². The maximum Gasteiger partial charge on any atom is 0.475 e. The molecule has 0 amide bonds. The van der Waals surface area contributed by atoms with Gasteiger partial charge >= 0.3 is 7.82 Å². The van der Waals surface area contributed by atoms with Crippen LogP contribution in [0.1, 0.15) is 30.2 Å². The largest absolute Gasteiger partial charge is 0.475 e. The highest BCUT2D eigenvalue weighted by Gasteiger charge is 2.52. The van der Waals surface area contributed by atoms with Gasteiger partial charge < -0.3 is 15.6 Å². The monoisotopic (exact) mass is 472 g/mol. The lowest BCUT2D eigenvalue weighted by Gasteiger charge is -2.29. The number of phosphoric ester groups is 1. The summed E-state index contributed by atoms with van der Waals surface area (Å²) in [6.07, 6.45) is 2.68. The summed E-state index contributed by atoms with van der Waals surface area (Å²) in [6.45, 7) is -0.0148. The molecule has 2 aliphatic heterocycles. The lowest BCUT2D eigenvalue weighted by atomic mass is 9.94. The van der Waals surface area contributed by atoms with Gasteiger partial charge in [-0.2, -0.15) is 10.4 Å². The van der Waals surface area contributed by atoms with Crippen LogP contribution in [0, 0.1) is 11.3 Å². The van der Waals surface area contributed by atoms with Crippen molar-refractivity contribution in [2.45, 2.75) is 36.8 Å². The minimum atomic E-state index is -3.87. The maximum absolute atomic E-state index is 13.0. The zero-order valence-corrected chi connectivity index (χ0v) is 18.2. The van der Waals surface area contributed by atoms with E-state index >= 15 is 0 Å². The lowest BCUT2D eigenvalue weighted by Crippen LogP contribution is -2.36. The number of anilines is 1. The van der Waals surface area contributed by atoms with Gasteiger partial charge in [0.2, 0.25) is 5.60 Å². The molecule has 0 aromatic carbocycles. The number of aliphatic hydroxyl groups is 1. The molecular formula is C20H21N6O6P. The number of nitrogens with two attached hydrogens (primary N) is 1. The fourth-order valence-electron chi connectivity index (χ4n) is 4.09. The van der Waals surface area contributed by atoms with Crippen LogP contribution in [0.2, 0.25) is 0 Å². The molecule has 12 nitrogen and oxygen atoms in total. The molecular weight excluding hydrogens is 451 g/mol. The summed E-state index contributed by atoms with van der Waals surface area (Å²) in [5.41, 5.74) is 5.75. The van der Waals surface area contributed by atoms with Gasteiger partial charge in [-0.25, -0.2) is 14.1 Å². The number of nitrogen functional groups attached to an aromatic ring is 1. The third kappa shape index (κ3) is 3.89. The van der Waals surface area contributed by atoms with Crippen LogP contribution in [-0.4, -0.2) is 50.1 Å². The first-order valence-corrected chi connectivity index (χ1v) is 11.7. The second-order valence-electron chi connectivity index (χ2n) is 7.74. The van der Waals surface area contributed by atoms with E-state index in [4.69, 9.17) is 24.0 Å². The molecule has 3 aromatic heterocycles. The molecule has 5 heterocycles. The molecule has 0 radical (unpaired) electrons. The van der Waals surface area contributed by atoms with Gasteiger partial charge in [-0.15, -0.1) is 0 Å². The summed E-state index contributed by atoms with van der Waals surface area (Å²) in [5, 5.41) is 24.9. The molecule has 2 fully saturated rings. The summed E-state index contributed by atoms with van der Waals surface area (Å²) in [7, 11) is -3.87. The first-order chi connectivity index (χ1) is 15.9. The molecule has 5 rings (SSSR count). The molecule has 0 saturated carbocycles. The van der Waals surface area contributed by atoms with Crippen LogP contribution >= 0.6 is 7.82 Å². The quantitative estimate of drug-likeness (QED) is 0.520. The predicted molar refractivity (Wildman–Crippen MR) is 112 cm³/mol. The lowest BCUT2D eigenvalue weighted by molar-refractivity contribution is -0.0670. The van der Waals surface area contributed by atoms with Gasteiger partial charge in [-0.3, -0.25) is 18.6 Å². The Hall–Kier alpha value is -2.91. The second kappa shape index (κ2) is 8.46. The van der Waals surface area contributed by atoms with Gasteiger partial charge in [0.1, 0.15) is 24.0 Å². The molecule has 0 bridgehead atoms. The third-order valence-electron chi connectivity index (χ3n) is 5.72. The van der Waals surface area contributed by atoms with Crippen molar-refractivity contribution in [3.05, 3.63) is 54.2 Å². The van der Waals surface area contributed by atoms with Crippen molar-refractivity contribution in [1.82, 2.24) is 19.6 Å². The van der Waals surface area contributed by atoms with Gasteiger partial charge in [-0.05, 0) is 29.8 Å². The number of rotatable bonds is 5. The Morgan fingerprint density at radius 1 is 1.36 bits per heavy atom. The first kappa shape index (κ1) is 21.9. The zero-order valence-electron chi connectivity index (χ0n) is 17.4. The minimum absolute atomic E-state index is 0.0646. The standard InChI is InChI=1S/C20H21N6O6P/c21-11-20(17-2-1-15-19(22)24-12-25-26(15)17)18(27)9-14(31-20)10-30-33(28)29-8-5-16(32-33)13-3-6-23-7-4-13/h1-4,6-7,12,14,16,18,27H,5,8-10H2,(H2,22,24,25)/t14-,16-,18+,20-,33+/m0/s1. The van der Waals surface area contributed by atoms with Crippen molar-refractivity contribution >= 4 is 19.2 Å².